The lowest BCUT2D eigenvalue weighted by Gasteiger charge is -2.53. The molecule has 1 aromatic heterocycles. The van der Waals surface area contributed by atoms with Gasteiger partial charge >= 0.3 is 12.2 Å². The molecule has 5 rings (SSSR count). The molecule has 0 N–H and O–H groups in total. The van der Waals surface area contributed by atoms with Crippen molar-refractivity contribution in [2.24, 2.45) is 0 Å². The highest BCUT2D eigenvalue weighted by molar-refractivity contribution is 5.77. The molecular formula is C32H38F3N5O5. The molecular weight excluding hydrogens is 591 g/mol. The Morgan fingerprint density at radius 3 is 2.11 bits per heavy atom. The third-order valence-corrected chi connectivity index (χ3v) is 8.23. The number of benzene rings is 2. The largest absolute Gasteiger partial charge is 0.481 e. The number of carbonyl (C=O) groups excluding carboxylic acids is 1. The van der Waals surface area contributed by atoms with E-state index in [9.17, 15) is 18.0 Å². The van der Waals surface area contributed by atoms with Gasteiger partial charge in [-0.3, -0.25) is 14.6 Å². The molecule has 0 aliphatic carbocycles. The quantitative estimate of drug-likeness (QED) is 0.316. The fraction of sp³-hybridized carbons (Fsp3) is 0.469. The Labute approximate surface area is 260 Å². The molecule has 2 aliphatic heterocycles. The first-order chi connectivity index (χ1) is 21.7. The Kier molecular flexibility index (Phi) is 10.4. The van der Waals surface area contributed by atoms with Crippen molar-refractivity contribution in [1.29, 1.82) is 0 Å². The summed E-state index contributed by atoms with van der Waals surface area (Å²) in [7, 11) is 4.21. The zero-order valence-corrected chi connectivity index (χ0v) is 25.6. The van der Waals surface area contributed by atoms with Crippen molar-refractivity contribution in [2.75, 3.05) is 67.3 Å². The summed E-state index contributed by atoms with van der Waals surface area (Å²) in [6.07, 6.45) is -4.57. The average molecular weight is 630 g/mol. The van der Waals surface area contributed by atoms with Crippen molar-refractivity contribution in [3.05, 3.63) is 77.4 Å². The number of amides is 1. The second-order valence-corrected chi connectivity index (χ2v) is 11.1. The molecule has 13 heteroatoms. The maximum atomic E-state index is 13.2. The minimum Gasteiger partial charge on any atom is -0.481 e. The van der Waals surface area contributed by atoms with Crippen LogP contribution < -0.4 is 14.2 Å². The Hall–Kier alpha value is -3.94. The van der Waals surface area contributed by atoms with E-state index in [-0.39, 0.29) is 60.4 Å². The summed E-state index contributed by atoms with van der Waals surface area (Å²) in [5, 5.41) is 0. The molecule has 0 saturated carbocycles. The first-order valence-corrected chi connectivity index (χ1v) is 14.7. The first-order valence-electron chi connectivity index (χ1n) is 14.7. The smallest absolute Gasteiger partial charge is 0.422 e. The van der Waals surface area contributed by atoms with Crippen LogP contribution in [0.2, 0.25) is 0 Å². The van der Waals surface area contributed by atoms with Crippen LogP contribution in [0.15, 0.2) is 60.7 Å². The van der Waals surface area contributed by atoms with Gasteiger partial charge in [-0.05, 0) is 11.1 Å². The Morgan fingerprint density at radius 2 is 1.53 bits per heavy atom. The van der Waals surface area contributed by atoms with Crippen LogP contribution in [0.5, 0.6) is 17.8 Å². The minimum atomic E-state index is -4.57. The van der Waals surface area contributed by atoms with E-state index in [1.54, 1.807) is 0 Å². The molecule has 2 aliphatic rings. The van der Waals surface area contributed by atoms with E-state index in [1.807, 2.05) is 41.3 Å². The molecule has 0 bridgehead atoms. The van der Waals surface area contributed by atoms with E-state index in [0.717, 1.165) is 11.1 Å². The monoisotopic (exact) mass is 629 g/mol. The molecule has 2 unspecified atom stereocenters. The number of carbonyl (C=O) groups is 1. The first kappa shape index (κ1) is 32.5. The lowest BCUT2D eigenvalue weighted by Crippen LogP contribution is -2.67. The highest BCUT2D eigenvalue weighted by atomic mass is 19.4. The van der Waals surface area contributed by atoms with Gasteiger partial charge in [0.1, 0.15) is 6.61 Å². The SMILES string of the molecule is COCC(=O)N1CCN2C(CN(Cc3c(OC)nc(OC)nc3OCC(F)(F)F)CC2C(c2ccccc2)c2ccccc2)C1. The number of alkyl halides is 3. The number of ether oxygens (including phenoxy) is 4. The van der Waals surface area contributed by atoms with Gasteiger partial charge in [0, 0.05) is 64.4 Å². The Bertz CT molecular complexity index is 1380. The van der Waals surface area contributed by atoms with Gasteiger partial charge in [0.05, 0.1) is 19.8 Å². The second-order valence-electron chi connectivity index (χ2n) is 11.1. The van der Waals surface area contributed by atoms with Crippen molar-refractivity contribution in [1.82, 2.24) is 24.7 Å². The predicted octanol–water partition coefficient (Wildman–Crippen LogP) is 3.61. The van der Waals surface area contributed by atoms with Crippen molar-refractivity contribution in [2.45, 2.75) is 30.7 Å². The zero-order valence-electron chi connectivity index (χ0n) is 25.6. The lowest BCUT2D eigenvalue weighted by molar-refractivity contribution is -0.154. The van der Waals surface area contributed by atoms with Gasteiger partial charge in [-0.25, -0.2) is 0 Å². The molecule has 0 spiro atoms. The number of hydrogen-bond acceptors (Lipinski definition) is 9. The normalized spacial score (nSPS) is 19.3. The van der Waals surface area contributed by atoms with Crippen LogP contribution in [0.25, 0.3) is 0 Å². The van der Waals surface area contributed by atoms with Gasteiger partial charge < -0.3 is 23.8 Å². The van der Waals surface area contributed by atoms with Crippen LogP contribution in [0.1, 0.15) is 22.6 Å². The van der Waals surface area contributed by atoms with Gasteiger partial charge in [-0.2, -0.15) is 23.1 Å². The van der Waals surface area contributed by atoms with E-state index in [1.165, 1.54) is 21.3 Å². The molecule has 2 aromatic carbocycles. The van der Waals surface area contributed by atoms with Crippen LogP contribution in [0.3, 0.4) is 0 Å². The number of methoxy groups -OCH3 is 3. The van der Waals surface area contributed by atoms with Crippen LogP contribution in [-0.4, -0.2) is 116 Å². The summed E-state index contributed by atoms with van der Waals surface area (Å²) in [4.78, 5) is 27.7. The molecule has 1 amide bonds. The molecule has 2 atom stereocenters. The topological polar surface area (TPSA) is 89.5 Å². The molecule has 2 fully saturated rings. The fourth-order valence-electron chi connectivity index (χ4n) is 6.35. The van der Waals surface area contributed by atoms with Crippen molar-refractivity contribution in [3.63, 3.8) is 0 Å². The molecule has 2 saturated heterocycles. The van der Waals surface area contributed by atoms with Gasteiger partial charge in [0.2, 0.25) is 17.7 Å². The zero-order chi connectivity index (χ0) is 32.0. The number of fused-ring (bicyclic) bond motifs is 1. The van der Waals surface area contributed by atoms with E-state index >= 15 is 0 Å². The second kappa shape index (κ2) is 14.4. The number of halogens is 3. The molecule has 3 aromatic rings. The van der Waals surface area contributed by atoms with Gasteiger partial charge in [-0.1, -0.05) is 60.7 Å². The van der Waals surface area contributed by atoms with Gasteiger partial charge in [-0.15, -0.1) is 0 Å². The van der Waals surface area contributed by atoms with E-state index < -0.39 is 12.8 Å². The third-order valence-electron chi connectivity index (χ3n) is 8.23. The fourth-order valence-corrected chi connectivity index (χ4v) is 6.35. The molecule has 0 radical (unpaired) electrons. The summed E-state index contributed by atoms with van der Waals surface area (Å²) >= 11 is 0. The maximum absolute atomic E-state index is 13.2. The van der Waals surface area contributed by atoms with Crippen molar-refractivity contribution >= 4 is 5.91 Å². The minimum absolute atomic E-state index is 0.00317. The van der Waals surface area contributed by atoms with Crippen molar-refractivity contribution < 1.29 is 36.9 Å². The van der Waals surface area contributed by atoms with Crippen LogP contribution in [0.4, 0.5) is 13.2 Å². The maximum Gasteiger partial charge on any atom is 0.422 e. The standard InChI is InChI=1S/C32H38F3N5O5/c1-42-20-27(41)39-14-15-40-24(17-39)16-38(18-25-29(43-2)36-31(44-3)37-30(25)45-21-32(33,34)35)19-26(40)28(22-10-6-4-7-11-22)23-12-8-5-9-13-23/h4-13,24,26,28H,14-21H2,1-3H3. The molecule has 45 heavy (non-hydrogen) atoms. The van der Waals surface area contributed by atoms with Crippen LogP contribution in [0, 0.1) is 0 Å². The summed E-state index contributed by atoms with van der Waals surface area (Å²) in [5.74, 6) is -0.283. The summed E-state index contributed by atoms with van der Waals surface area (Å²) in [6.45, 7) is 1.47. The summed E-state index contributed by atoms with van der Waals surface area (Å²) in [6, 6.07) is 20.3. The number of hydrogen-bond donors (Lipinski definition) is 0. The lowest BCUT2D eigenvalue weighted by atomic mass is 9.81. The summed E-state index contributed by atoms with van der Waals surface area (Å²) < 4.78 is 60.6. The number of nitrogens with zero attached hydrogens (tertiary/aromatic N) is 5. The van der Waals surface area contributed by atoms with Gasteiger partial charge in [0.25, 0.3) is 0 Å². The molecule has 242 valence electrons. The van der Waals surface area contributed by atoms with Crippen molar-refractivity contribution in [3.8, 4) is 17.8 Å². The Balaban J connectivity index is 1.53. The van der Waals surface area contributed by atoms with Crippen LogP contribution in [-0.2, 0) is 16.1 Å². The van der Waals surface area contributed by atoms with Crippen LogP contribution >= 0.6 is 0 Å². The average Bonchev–Trinajstić information content (AvgIpc) is 3.04. The number of aromatic nitrogens is 2. The predicted molar refractivity (Wildman–Crippen MR) is 159 cm³/mol. The Morgan fingerprint density at radius 1 is 0.889 bits per heavy atom. The van der Waals surface area contributed by atoms with Gasteiger partial charge in [0.15, 0.2) is 6.61 Å². The summed E-state index contributed by atoms with van der Waals surface area (Å²) in [5.41, 5.74) is 2.58. The van der Waals surface area contributed by atoms with E-state index in [0.29, 0.717) is 32.7 Å². The highest BCUT2D eigenvalue weighted by Gasteiger charge is 2.43. The van der Waals surface area contributed by atoms with E-state index in [4.69, 9.17) is 18.9 Å². The third kappa shape index (κ3) is 7.84. The number of piperazine rings is 2. The number of rotatable bonds is 11. The highest BCUT2D eigenvalue weighted by Crippen LogP contribution is 2.37. The molecule has 3 heterocycles. The molecule has 10 nitrogen and oxygen atoms in total. The van der Waals surface area contributed by atoms with E-state index in [2.05, 4.69) is 44.0 Å².